The largest absolute Gasteiger partial charge is 1.00 e. The van der Waals surface area contributed by atoms with E-state index < -0.39 is 8.80 Å². The van der Waals surface area contributed by atoms with Crippen LogP contribution in [0.5, 0.6) is 0 Å². The van der Waals surface area contributed by atoms with Crippen LogP contribution in [0.3, 0.4) is 0 Å². The number of benzene rings is 2. The molecule has 0 saturated heterocycles. The second-order valence-electron chi connectivity index (χ2n) is 6.93. The Morgan fingerprint density at radius 1 is 1.09 bits per heavy atom. The van der Waals surface area contributed by atoms with Gasteiger partial charge in [-0.2, -0.15) is 0 Å². The molecule has 1 atom stereocenters. The SMILES string of the molecule is CC1=C(c2c([SiH](C)C)ccc3c2[CH]([Zr+2])c2ccccc2-3)CC=C1.[H-].[H-]. The molecule has 0 aromatic heterocycles. The van der Waals surface area contributed by atoms with Gasteiger partial charge in [0.25, 0.3) is 0 Å². The van der Waals surface area contributed by atoms with Crippen LogP contribution < -0.4 is 5.19 Å². The third kappa shape index (κ3) is 2.34. The predicted molar refractivity (Wildman–Crippen MR) is 101 cm³/mol. The second kappa shape index (κ2) is 5.83. The maximum atomic E-state index is 2.46. The molecular formula is C21H23SiZr. The fourth-order valence-corrected chi connectivity index (χ4v) is 6.80. The molecule has 0 fully saturated rings. The van der Waals surface area contributed by atoms with Crippen molar-refractivity contribution in [2.75, 3.05) is 0 Å². The van der Waals surface area contributed by atoms with Gasteiger partial charge in [0.2, 0.25) is 0 Å². The predicted octanol–water partition coefficient (Wildman–Crippen LogP) is 4.96. The first-order chi connectivity index (χ1) is 11.1. The van der Waals surface area contributed by atoms with Crippen molar-refractivity contribution in [3.05, 3.63) is 70.8 Å². The number of fused-ring (bicyclic) bond motifs is 3. The van der Waals surface area contributed by atoms with Gasteiger partial charge in [-0.15, -0.1) is 0 Å². The van der Waals surface area contributed by atoms with Gasteiger partial charge >= 0.3 is 156 Å². The van der Waals surface area contributed by atoms with Crippen LogP contribution in [0.2, 0.25) is 13.1 Å². The summed E-state index contributed by atoms with van der Waals surface area (Å²) in [4.78, 5) is 0. The molecule has 2 aliphatic carbocycles. The van der Waals surface area contributed by atoms with Crippen LogP contribution in [0, 0.1) is 0 Å². The first-order valence-corrected chi connectivity index (χ1v) is 12.7. The van der Waals surface area contributed by atoms with E-state index in [2.05, 4.69) is 68.6 Å². The number of hydrogen-bond donors (Lipinski definition) is 0. The molecule has 115 valence electrons. The molecule has 0 N–H and O–H groups in total. The Kier molecular flexibility index (Phi) is 3.94. The van der Waals surface area contributed by atoms with Crippen LogP contribution in [-0.4, -0.2) is 8.80 Å². The van der Waals surface area contributed by atoms with Gasteiger partial charge in [-0.05, 0) is 0 Å². The summed E-state index contributed by atoms with van der Waals surface area (Å²) in [6.07, 6.45) is 5.74. The Bertz CT molecular complexity index is 868. The van der Waals surface area contributed by atoms with E-state index in [4.69, 9.17) is 0 Å². The standard InChI is InChI=1S/C21H21Si.Zr.2H/c1-14-7-6-10-16(14)21-19-13-15-8-4-5-9-17(15)18(19)11-12-20(21)22(2)3;;;/h4-9,11-13,22H,10H2,1-3H3;;;/q;+2;2*-1. The molecule has 2 aromatic carbocycles. The maximum absolute atomic E-state index is 2.46. The molecule has 1 unspecified atom stereocenters. The minimum atomic E-state index is -0.863. The smallest absolute Gasteiger partial charge is 1.00 e. The Morgan fingerprint density at radius 3 is 2.57 bits per heavy atom. The quantitative estimate of drug-likeness (QED) is 0.632. The Morgan fingerprint density at radius 2 is 1.87 bits per heavy atom. The minimum absolute atomic E-state index is 0. The molecule has 0 amide bonds. The zero-order valence-electron chi connectivity index (χ0n) is 16.0. The summed E-state index contributed by atoms with van der Waals surface area (Å²) >= 11 is 1.61. The van der Waals surface area contributed by atoms with E-state index in [0.717, 1.165) is 6.42 Å². The Balaban J connectivity index is 0.00000113. The monoisotopic (exact) mass is 393 g/mol. The fraction of sp³-hybridized carbons (Fsp3) is 0.238. The van der Waals surface area contributed by atoms with Gasteiger partial charge in [-0.3, -0.25) is 0 Å². The molecule has 23 heavy (non-hydrogen) atoms. The summed E-state index contributed by atoms with van der Waals surface area (Å²) in [5.74, 6) is 0. The van der Waals surface area contributed by atoms with Crippen LogP contribution in [0.15, 0.2) is 54.1 Å². The van der Waals surface area contributed by atoms with E-state index in [-0.39, 0.29) is 2.85 Å². The second-order valence-corrected chi connectivity index (χ2v) is 11.3. The molecule has 0 saturated carbocycles. The van der Waals surface area contributed by atoms with Crippen molar-refractivity contribution in [2.24, 2.45) is 0 Å². The average Bonchev–Trinajstić information content (AvgIpc) is 3.09. The van der Waals surface area contributed by atoms with Gasteiger partial charge in [-0.25, -0.2) is 0 Å². The molecule has 2 heteroatoms. The van der Waals surface area contributed by atoms with Crippen molar-refractivity contribution < 1.29 is 27.6 Å². The van der Waals surface area contributed by atoms with Crippen molar-refractivity contribution in [1.82, 2.24) is 0 Å². The molecular weight excluding hydrogens is 372 g/mol. The van der Waals surface area contributed by atoms with Gasteiger partial charge in [-0.1, -0.05) is 0 Å². The van der Waals surface area contributed by atoms with E-state index >= 15 is 0 Å². The van der Waals surface area contributed by atoms with Crippen LogP contribution in [0.1, 0.15) is 36.5 Å². The number of rotatable bonds is 2. The van der Waals surface area contributed by atoms with Crippen molar-refractivity contribution in [3.8, 4) is 11.1 Å². The first-order valence-electron chi connectivity index (χ1n) is 8.43. The number of allylic oxidation sites excluding steroid dienone is 4. The maximum Gasteiger partial charge on any atom is -1.00 e. The fourth-order valence-electron chi connectivity index (χ4n) is 4.05. The number of hydrogen-bond acceptors (Lipinski definition) is 0. The zero-order valence-corrected chi connectivity index (χ0v) is 17.6. The first kappa shape index (κ1) is 15.5. The van der Waals surface area contributed by atoms with Crippen LogP contribution in [-0.2, 0) is 24.7 Å². The zero-order chi connectivity index (χ0) is 16.1. The van der Waals surface area contributed by atoms with Crippen LogP contribution in [0.4, 0.5) is 0 Å². The molecule has 0 spiro atoms. The topological polar surface area (TPSA) is 0 Å². The van der Waals surface area contributed by atoms with E-state index in [1.54, 1.807) is 46.6 Å². The van der Waals surface area contributed by atoms with Crippen molar-refractivity contribution in [3.63, 3.8) is 0 Å². The molecule has 0 bridgehead atoms. The minimum Gasteiger partial charge on any atom is -1.00 e. The van der Waals surface area contributed by atoms with Crippen molar-refractivity contribution in [1.29, 1.82) is 0 Å². The summed E-state index contributed by atoms with van der Waals surface area (Å²) in [6.45, 7) is 7.21. The molecule has 2 aliphatic rings. The molecule has 2 aromatic rings. The summed E-state index contributed by atoms with van der Waals surface area (Å²) in [6, 6.07) is 13.9. The van der Waals surface area contributed by atoms with Crippen molar-refractivity contribution in [2.45, 2.75) is 30.1 Å². The normalized spacial score (nSPS) is 18.8. The Hall–Kier alpha value is -0.980. The molecule has 4 rings (SSSR count). The van der Waals surface area contributed by atoms with Gasteiger partial charge in [0.15, 0.2) is 0 Å². The summed E-state index contributed by atoms with van der Waals surface area (Å²) in [5.41, 5.74) is 10.8. The Labute approximate surface area is 158 Å². The van der Waals surface area contributed by atoms with Gasteiger partial charge in [0, 0.05) is 0 Å². The molecule has 0 radical (unpaired) electrons. The van der Waals surface area contributed by atoms with Gasteiger partial charge < -0.3 is 2.85 Å². The van der Waals surface area contributed by atoms with E-state index in [1.165, 1.54) is 22.3 Å². The van der Waals surface area contributed by atoms with Crippen LogP contribution in [0.25, 0.3) is 16.7 Å². The van der Waals surface area contributed by atoms with E-state index in [9.17, 15) is 0 Å². The molecule has 0 heterocycles. The van der Waals surface area contributed by atoms with Gasteiger partial charge in [0.1, 0.15) is 0 Å². The summed E-state index contributed by atoms with van der Waals surface area (Å²) in [5, 5.41) is 1.65. The van der Waals surface area contributed by atoms with Crippen LogP contribution >= 0.6 is 0 Å². The third-order valence-electron chi connectivity index (χ3n) is 5.22. The summed E-state index contributed by atoms with van der Waals surface area (Å²) in [7, 11) is -0.863. The van der Waals surface area contributed by atoms with Gasteiger partial charge in [0.05, 0.1) is 0 Å². The molecule has 0 nitrogen and oxygen atoms in total. The van der Waals surface area contributed by atoms with E-state index in [1.807, 2.05) is 0 Å². The van der Waals surface area contributed by atoms with E-state index in [0.29, 0.717) is 3.63 Å². The van der Waals surface area contributed by atoms with Crippen molar-refractivity contribution >= 4 is 19.6 Å². The summed E-state index contributed by atoms with van der Waals surface area (Å²) < 4.78 is 0.594. The molecule has 0 aliphatic heterocycles. The third-order valence-corrected chi connectivity index (χ3v) is 8.42. The average molecular weight is 395 g/mol.